The molecule has 0 aromatic carbocycles. The molecule has 1 N–H and O–H groups in total. The van der Waals surface area contributed by atoms with Crippen molar-refractivity contribution in [1.29, 1.82) is 0 Å². The molecule has 1 unspecified atom stereocenters. The van der Waals surface area contributed by atoms with Crippen LogP contribution in [0.5, 0.6) is 0 Å². The number of piperidine rings is 1. The predicted octanol–water partition coefficient (Wildman–Crippen LogP) is 0.525. The Kier molecular flexibility index (Phi) is 5.12. The van der Waals surface area contributed by atoms with E-state index >= 15 is 0 Å². The highest BCUT2D eigenvalue weighted by molar-refractivity contribution is 5.93. The van der Waals surface area contributed by atoms with Crippen LogP contribution in [0.4, 0.5) is 0 Å². The number of nitrogens with one attached hydrogen (secondary N) is 1. The van der Waals surface area contributed by atoms with Gasteiger partial charge in [-0.05, 0) is 31.3 Å². The number of amides is 2. The van der Waals surface area contributed by atoms with Gasteiger partial charge in [-0.3, -0.25) is 9.59 Å². The summed E-state index contributed by atoms with van der Waals surface area (Å²) in [5, 5.41) is 9.92. The van der Waals surface area contributed by atoms with Gasteiger partial charge in [0.1, 0.15) is 5.69 Å². The number of likely N-dealkylation sites (tertiary alicyclic amines) is 1. The first-order valence-electron chi connectivity index (χ1n) is 7.35. The average Bonchev–Trinajstić information content (AvgIpc) is 2.98. The van der Waals surface area contributed by atoms with Crippen LogP contribution < -0.4 is 5.32 Å². The summed E-state index contributed by atoms with van der Waals surface area (Å²) in [7, 11) is 3.24. The van der Waals surface area contributed by atoms with Crippen LogP contribution in [0, 0.1) is 6.92 Å². The Morgan fingerprint density at radius 1 is 1.45 bits per heavy atom. The Morgan fingerprint density at radius 3 is 2.82 bits per heavy atom. The van der Waals surface area contributed by atoms with E-state index < -0.39 is 5.60 Å². The molecular formula is C14H22N4O4. The summed E-state index contributed by atoms with van der Waals surface area (Å²) in [6, 6.07) is 0. The van der Waals surface area contributed by atoms with Gasteiger partial charge in [0.25, 0.3) is 5.91 Å². The highest BCUT2D eigenvalue weighted by Crippen LogP contribution is 2.30. The van der Waals surface area contributed by atoms with E-state index in [0.717, 1.165) is 12.8 Å². The highest BCUT2D eigenvalue weighted by atomic mass is 16.6. The van der Waals surface area contributed by atoms with Crippen molar-refractivity contribution in [3.8, 4) is 0 Å². The molecule has 8 heteroatoms. The second kappa shape index (κ2) is 6.87. The van der Waals surface area contributed by atoms with E-state index in [-0.39, 0.29) is 17.5 Å². The number of carbonyl (C=O) groups is 2. The van der Waals surface area contributed by atoms with E-state index in [9.17, 15) is 9.59 Å². The monoisotopic (exact) mass is 310 g/mol. The minimum absolute atomic E-state index is 0.0311. The van der Waals surface area contributed by atoms with Crippen molar-refractivity contribution in [2.75, 3.05) is 27.2 Å². The first-order chi connectivity index (χ1) is 10.5. The lowest BCUT2D eigenvalue weighted by molar-refractivity contribution is -0.123. The van der Waals surface area contributed by atoms with Crippen LogP contribution in [-0.2, 0) is 9.53 Å². The van der Waals surface area contributed by atoms with Gasteiger partial charge in [0.15, 0.2) is 5.69 Å². The molecular weight excluding hydrogens is 288 g/mol. The third kappa shape index (κ3) is 3.44. The Labute approximate surface area is 129 Å². The van der Waals surface area contributed by atoms with E-state index in [1.807, 2.05) is 0 Å². The van der Waals surface area contributed by atoms with Crippen LogP contribution in [0.1, 0.15) is 41.9 Å². The number of hydrogen-bond acceptors (Lipinski definition) is 6. The van der Waals surface area contributed by atoms with Gasteiger partial charge >= 0.3 is 0 Å². The molecule has 1 aromatic rings. The lowest BCUT2D eigenvalue weighted by Gasteiger charge is -2.41. The molecule has 1 aromatic heterocycles. The number of ether oxygens (including phenoxy) is 1. The molecule has 8 nitrogen and oxygen atoms in total. The second-order valence-corrected chi connectivity index (χ2v) is 5.59. The van der Waals surface area contributed by atoms with Crippen LogP contribution >= 0.6 is 0 Å². The van der Waals surface area contributed by atoms with Crippen molar-refractivity contribution in [3.05, 3.63) is 11.4 Å². The number of aromatic nitrogens is 2. The zero-order valence-corrected chi connectivity index (χ0v) is 13.2. The number of methoxy groups -OCH3 is 1. The number of hydrogen-bond donors (Lipinski definition) is 1. The highest BCUT2D eigenvalue weighted by Gasteiger charge is 2.38. The van der Waals surface area contributed by atoms with Crippen molar-refractivity contribution >= 4 is 11.8 Å². The van der Waals surface area contributed by atoms with Crippen molar-refractivity contribution < 1.29 is 19.0 Å². The van der Waals surface area contributed by atoms with E-state index in [0.29, 0.717) is 31.6 Å². The van der Waals surface area contributed by atoms with Crippen LogP contribution in [0.25, 0.3) is 0 Å². The smallest absolute Gasteiger partial charge is 0.278 e. The van der Waals surface area contributed by atoms with Gasteiger partial charge in [0.05, 0.1) is 12.1 Å². The molecule has 0 radical (unpaired) electrons. The molecule has 1 fully saturated rings. The molecule has 122 valence electrons. The molecule has 1 saturated heterocycles. The normalized spacial score (nSPS) is 21.7. The Bertz CT molecular complexity index is 545. The third-order valence-electron chi connectivity index (χ3n) is 4.20. The molecule has 22 heavy (non-hydrogen) atoms. The van der Waals surface area contributed by atoms with Crippen molar-refractivity contribution in [2.45, 2.75) is 38.2 Å². The molecule has 2 amide bonds. The summed E-state index contributed by atoms with van der Waals surface area (Å²) in [6.07, 6.45) is 2.58. The third-order valence-corrected chi connectivity index (χ3v) is 4.20. The average molecular weight is 310 g/mol. The van der Waals surface area contributed by atoms with Crippen LogP contribution in [0.15, 0.2) is 4.63 Å². The molecule has 1 aliphatic rings. The fourth-order valence-electron chi connectivity index (χ4n) is 2.79. The molecule has 1 atom stereocenters. The summed E-state index contributed by atoms with van der Waals surface area (Å²) in [5.74, 6) is -0.240. The maximum absolute atomic E-state index is 12.5. The van der Waals surface area contributed by atoms with Gasteiger partial charge in [-0.2, -0.15) is 0 Å². The number of rotatable bonds is 5. The molecule has 0 bridgehead atoms. The van der Waals surface area contributed by atoms with Crippen LogP contribution in [0.3, 0.4) is 0 Å². The fourth-order valence-corrected chi connectivity index (χ4v) is 2.79. The summed E-state index contributed by atoms with van der Waals surface area (Å²) < 4.78 is 10.3. The molecule has 0 aliphatic carbocycles. The van der Waals surface area contributed by atoms with E-state index in [1.165, 1.54) is 0 Å². The largest absolute Gasteiger partial charge is 0.376 e. The van der Waals surface area contributed by atoms with Crippen molar-refractivity contribution in [2.24, 2.45) is 0 Å². The zero-order chi connectivity index (χ0) is 16.2. The Morgan fingerprint density at radius 2 is 2.23 bits per heavy atom. The molecule has 2 rings (SSSR count). The fraction of sp³-hybridized carbons (Fsp3) is 0.714. The number of aryl methyl sites for hydroxylation is 1. The van der Waals surface area contributed by atoms with Crippen molar-refractivity contribution in [3.63, 3.8) is 0 Å². The topological polar surface area (TPSA) is 97.6 Å². The van der Waals surface area contributed by atoms with Gasteiger partial charge in [-0.15, -0.1) is 0 Å². The second-order valence-electron chi connectivity index (χ2n) is 5.59. The maximum Gasteiger partial charge on any atom is 0.278 e. The lowest BCUT2D eigenvalue weighted by Crippen LogP contribution is -2.52. The molecule has 0 saturated carbocycles. The molecule has 1 aliphatic heterocycles. The van der Waals surface area contributed by atoms with Gasteiger partial charge in [0, 0.05) is 27.1 Å². The van der Waals surface area contributed by atoms with E-state index in [1.54, 1.807) is 26.0 Å². The predicted molar refractivity (Wildman–Crippen MR) is 77.2 cm³/mol. The van der Waals surface area contributed by atoms with Gasteiger partial charge in [-0.1, -0.05) is 5.16 Å². The van der Waals surface area contributed by atoms with Gasteiger partial charge in [-0.25, -0.2) is 4.63 Å². The van der Waals surface area contributed by atoms with E-state index in [4.69, 9.17) is 4.74 Å². The number of nitrogens with zero attached hydrogens (tertiary/aromatic N) is 3. The SMILES string of the molecule is CNC(=O)CCC1(OC)CCCN(C(=O)c2nonc2C)C1. The maximum atomic E-state index is 12.5. The van der Waals surface area contributed by atoms with Gasteiger partial charge < -0.3 is 15.0 Å². The molecule has 0 spiro atoms. The minimum atomic E-state index is -0.495. The zero-order valence-electron chi connectivity index (χ0n) is 13.2. The summed E-state index contributed by atoms with van der Waals surface area (Å²) >= 11 is 0. The Hall–Kier alpha value is -1.96. The summed E-state index contributed by atoms with van der Waals surface area (Å²) in [6.45, 7) is 2.75. The van der Waals surface area contributed by atoms with Crippen LogP contribution in [0.2, 0.25) is 0 Å². The summed E-state index contributed by atoms with van der Waals surface area (Å²) in [4.78, 5) is 25.7. The Balaban J connectivity index is 2.07. The number of carbonyl (C=O) groups excluding carboxylic acids is 2. The first kappa shape index (κ1) is 16.4. The lowest BCUT2D eigenvalue weighted by atomic mass is 9.87. The van der Waals surface area contributed by atoms with Crippen molar-refractivity contribution in [1.82, 2.24) is 20.5 Å². The standard InChI is InChI=1S/C14H22N4O4/c1-10-12(17-22-16-10)13(20)18-8-4-6-14(9-18,21-3)7-5-11(19)15-2/h4-9H2,1-3H3,(H,15,19). The van der Waals surface area contributed by atoms with E-state index in [2.05, 4.69) is 20.3 Å². The molecule has 2 heterocycles. The summed E-state index contributed by atoms with van der Waals surface area (Å²) in [5.41, 5.74) is 0.216. The quantitative estimate of drug-likeness (QED) is 0.852. The first-order valence-corrected chi connectivity index (χ1v) is 7.35. The van der Waals surface area contributed by atoms with Crippen LogP contribution in [-0.4, -0.2) is 59.9 Å². The van der Waals surface area contributed by atoms with Gasteiger partial charge in [0.2, 0.25) is 5.91 Å². The minimum Gasteiger partial charge on any atom is -0.376 e.